The highest BCUT2D eigenvalue weighted by Gasteiger charge is 2.23. The largest absolute Gasteiger partial charge is 0.357 e. The normalized spacial score (nSPS) is 19.7. The standard InChI is InChI=1S/C22H41N7S/c1-5-23-21(25-18-12-15-28(16-13-18)17(2)3)24-14-8-11-20-26-27-22(30-4)29(20)19-9-6-7-10-19/h17-19H,5-16H2,1-4H3,(H2,23,24,25). The van der Waals surface area contributed by atoms with Crippen LogP contribution in [0, 0.1) is 0 Å². The molecule has 8 heteroatoms. The monoisotopic (exact) mass is 435 g/mol. The molecule has 1 saturated carbocycles. The lowest BCUT2D eigenvalue weighted by Crippen LogP contribution is -2.49. The van der Waals surface area contributed by atoms with Crippen molar-refractivity contribution in [2.24, 2.45) is 4.99 Å². The SMILES string of the molecule is CCNC(=NCCCc1nnc(SC)n1C1CCCC1)NC1CCN(C(C)C)CC1. The minimum Gasteiger partial charge on any atom is -0.357 e. The molecule has 1 aliphatic heterocycles. The third-order valence-corrected chi connectivity index (χ3v) is 7.02. The van der Waals surface area contributed by atoms with E-state index in [2.05, 4.69) is 57.3 Å². The van der Waals surface area contributed by atoms with Gasteiger partial charge in [0, 0.05) is 50.7 Å². The van der Waals surface area contributed by atoms with Crippen LogP contribution in [0.3, 0.4) is 0 Å². The summed E-state index contributed by atoms with van der Waals surface area (Å²) in [4.78, 5) is 7.41. The average Bonchev–Trinajstić information content (AvgIpc) is 3.41. The molecule has 2 fully saturated rings. The Bertz CT molecular complexity index is 658. The van der Waals surface area contributed by atoms with Crippen molar-refractivity contribution in [3.63, 3.8) is 0 Å². The van der Waals surface area contributed by atoms with E-state index in [1.54, 1.807) is 11.8 Å². The Morgan fingerprint density at radius 3 is 2.53 bits per heavy atom. The van der Waals surface area contributed by atoms with E-state index in [1.165, 1.54) is 51.6 Å². The zero-order valence-electron chi connectivity index (χ0n) is 19.4. The van der Waals surface area contributed by atoms with Crippen LogP contribution in [-0.4, -0.2) is 70.1 Å². The molecule has 30 heavy (non-hydrogen) atoms. The van der Waals surface area contributed by atoms with Crippen molar-refractivity contribution in [2.75, 3.05) is 32.4 Å². The molecule has 0 atom stereocenters. The van der Waals surface area contributed by atoms with Crippen LogP contribution in [0.4, 0.5) is 0 Å². The van der Waals surface area contributed by atoms with Gasteiger partial charge in [-0.3, -0.25) is 4.99 Å². The molecule has 0 amide bonds. The number of piperidine rings is 1. The second-order valence-electron chi connectivity index (χ2n) is 8.82. The Morgan fingerprint density at radius 2 is 1.90 bits per heavy atom. The quantitative estimate of drug-likeness (QED) is 0.268. The van der Waals surface area contributed by atoms with Gasteiger partial charge in [0.15, 0.2) is 11.1 Å². The van der Waals surface area contributed by atoms with Crippen LogP contribution in [-0.2, 0) is 6.42 Å². The van der Waals surface area contributed by atoms with Gasteiger partial charge < -0.3 is 20.1 Å². The number of guanidine groups is 1. The van der Waals surface area contributed by atoms with Gasteiger partial charge in [0.1, 0.15) is 5.82 Å². The van der Waals surface area contributed by atoms with E-state index in [1.807, 2.05) is 0 Å². The van der Waals surface area contributed by atoms with Crippen molar-refractivity contribution in [1.29, 1.82) is 0 Å². The molecule has 2 aliphatic rings. The van der Waals surface area contributed by atoms with Crippen LogP contribution in [0.5, 0.6) is 0 Å². The average molecular weight is 436 g/mol. The molecule has 1 aromatic heterocycles. The van der Waals surface area contributed by atoms with E-state index in [9.17, 15) is 0 Å². The number of thioether (sulfide) groups is 1. The fraction of sp³-hybridized carbons (Fsp3) is 0.864. The molecule has 7 nitrogen and oxygen atoms in total. The van der Waals surface area contributed by atoms with Crippen molar-refractivity contribution in [3.8, 4) is 0 Å². The molecular weight excluding hydrogens is 394 g/mol. The smallest absolute Gasteiger partial charge is 0.191 e. The maximum absolute atomic E-state index is 4.85. The summed E-state index contributed by atoms with van der Waals surface area (Å²) in [6.45, 7) is 10.7. The van der Waals surface area contributed by atoms with Gasteiger partial charge in [-0.05, 0) is 59.1 Å². The van der Waals surface area contributed by atoms with E-state index >= 15 is 0 Å². The van der Waals surface area contributed by atoms with Gasteiger partial charge in [-0.2, -0.15) is 0 Å². The zero-order valence-corrected chi connectivity index (χ0v) is 20.2. The van der Waals surface area contributed by atoms with E-state index in [4.69, 9.17) is 4.99 Å². The molecule has 170 valence electrons. The first-order chi connectivity index (χ1) is 14.6. The minimum absolute atomic E-state index is 0.521. The predicted octanol–water partition coefficient (Wildman–Crippen LogP) is 3.48. The summed E-state index contributed by atoms with van der Waals surface area (Å²) in [5, 5.41) is 17.1. The van der Waals surface area contributed by atoms with Crippen molar-refractivity contribution < 1.29 is 0 Å². The van der Waals surface area contributed by atoms with Gasteiger partial charge in [-0.15, -0.1) is 10.2 Å². The lowest BCUT2D eigenvalue weighted by Gasteiger charge is -2.35. The number of nitrogens with one attached hydrogen (secondary N) is 2. The number of rotatable bonds is 9. The van der Waals surface area contributed by atoms with Gasteiger partial charge in [-0.25, -0.2) is 0 Å². The molecular formula is C22H41N7S. The Hall–Kier alpha value is -1.28. The molecule has 3 rings (SSSR count). The van der Waals surface area contributed by atoms with Gasteiger partial charge in [-0.1, -0.05) is 24.6 Å². The Balaban J connectivity index is 1.50. The predicted molar refractivity (Wildman–Crippen MR) is 126 cm³/mol. The maximum Gasteiger partial charge on any atom is 0.191 e. The summed E-state index contributed by atoms with van der Waals surface area (Å²) in [5.41, 5.74) is 0. The Labute approximate surface area is 186 Å². The summed E-state index contributed by atoms with van der Waals surface area (Å²) in [5.74, 6) is 2.10. The summed E-state index contributed by atoms with van der Waals surface area (Å²) in [6.07, 6.45) is 11.6. The van der Waals surface area contributed by atoms with Crippen molar-refractivity contribution >= 4 is 17.7 Å². The summed E-state index contributed by atoms with van der Waals surface area (Å²) >= 11 is 1.71. The van der Waals surface area contributed by atoms with Crippen molar-refractivity contribution in [1.82, 2.24) is 30.3 Å². The zero-order chi connectivity index (χ0) is 21.3. The fourth-order valence-corrected chi connectivity index (χ4v) is 5.22. The highest BCUT2D eigenvalue weighted by atomic mass is 32.2. The lowest BCUT2D eigenvalue weighted by atomic mass is 10.0. The van der Waals surface area contributed by atoms with Crippen LogP contribution in [0.1, 0.15) is 77.6 Å². The second kappa shape index (κ2) is 11.9. The van der Waals surface area contributed by atoms with Crippen molar-refractivity contribution in [2.45, 2.75) is 95.4 Å². The number of hydrogen-bond acceptors (Lipinski definition) is 5. The third-order valence-electron chi connectivity index (χ3n) is 6.38. The van der Waals surface area contributed by atoms with Crippen LogP contribution in [0.25, 0.3) is 0 Å². The molecule has 1 aliphatic carbocycles. The number of likely N-dealkylation sites (tertiary alicyclic amines) is 1. The topological polar surface area (TPSA) is 70.4 Å². The Morgan fingerprint density at radius 1 is 1.17 bits per heavy atom. The number of aromatic nitrogens is 3. The van der Waals surface area contributed by atoms with E-state index in [0.717, 1.165) is 42.9 Å². The van der Waals surface area contributed by atoms with Crippen LogP contribution >= 0.6 is 11.8 Å². The fourth-order valence-electron chi connectivity index (χ4n) is 4.65. The second-order valence-corrected chi connectivity index (χ2v) is 9.60. The van der Waals surface area contributed by atoms with Gasteiger partial charge in [0.05, 0.1) is 0 Å². The van der Waals surface area contributed by atoms with Crippen LogP contribution in [0.15, 0.2) is 10.1 Å². The summed E-state index contributed by atoms with van der Waals surface area (Å²) < 4.78 is 2.41. The number of aliphatic imine (C=N–C) groups is 1. The molecule has 1 saturated heterocycles. The molecule has 1 aromatic rings. The van der Waals surface area contributed by atoms with Crippen LogP contribution < -0.4 is 10.6 Å². The van der Waals surface area contributed by atoms with E-state index in [0.29, 0.717) is 18.1 Å². The number of hydrogen-bond donors (Lipinski definition) is 2. The summed E-state index contributed by atoms with van der Waals surface area (Å²) in [7, 11) is 0. The molecule has 0 spiro atoms. The Kier molecular flexibility index (Phi) is 9.30. The summed E-state index contributed by atoms with van der Waals surface area (Å²) in [6, 6.07) is 1.76. The van der Waals surface area contributed by atoms with Gasteiger partial charge >= 0.3 is 0 Å². The first kappa shape index (κ1) is 23.4. The maximum atomic E-state index is 4.85. The van der Waals surface area contributed by atoms with Crippen LogP contribution in [0.2, 0.25) is 0 Å². The molecule has 0 bridgehead atoms. The first-order valence-corrected chi connectivity index (χ1v) is 13.1. The van der Waals surface area contributed by atoms with Gasteiger partial charge in [0.25, 0.3) is 0 Å². The highest BCUT2D eigenvalue weighted by Crippen LogP contribution is 2.33. The lowest BCUT2D eigenvalue weighted by molar-refractivity contribution is 0.167. The van der Waals surface area contributed by atoms with E-state index < -0.39 is 0 Å². The molecule has 2 N–H and O–H groups in total. The third kappa shape index (κ3) is 6.36. The number of nitrogens with zero attached hydrogens (tertiary/aromatic N) is 5. The van der Waals surface area contributed by atoms with Gasteiger partial charge in [0.2, 0.25) is 0 Å². The number of aryl methyl sites for hydroxylation is 1. The molecule has 0 unspecified atom stereocenters. The van der Waals surface area contributed by atoms with E-state index in [-0.39, 0.29) is 0 Å². The molecule has 0 aromatic carbocycles. The minimum atomic E-state index is 0.521. The van der Waals surface area contributed by atoms with Crippen molar-refractivity contribution in [3.05, 3.63) is 5.82 Å². The highest BCUT2D eigenvalue weighted by molar-refractivity contribution is 7.98. The molecule has 0 radical (unpaired) electrons. The first-order valence-electron chi connectivity index (χ1n) is 11.9. The molecule has 2 heterocycles.